The molecule has 1 aromatic carbocycles. The van der Waals surface area contributed by atoms with E-state index in [0.29, 0.717) is 30.6 Å². The molecule has 0 amide bonds. The maximum atomic E-state index is 12.0. The number of hydrogen-bond donors (Lipinski definition) is 3. The predicted molar refractivity (Wildman–Crippen MR) is 73.9 cm³/mol. The molecule has 20 heavy (non-hydrogen) atoms. The normalized spacial score (nSPS) is 35.3. The van der Waals surface area contributed by atoms with Gasteiger partial charge in [-0.15, -0.1) is 0 Å². The predicted octanol–water partition coefficient (Wildman–Crippen LogP) is 1.62. The lowest BCUT2D eigenvalue weighted by Gasteiger charge is -2.55. The Morgan fingerprint density at radius 3 is 3.00 bits per heavy atom. The third-order valence-corrected chi connectivity index (χ3v) is 5.54. The minimum Gasteiger partial charge on any atom is -0.508 e. The summed E-state index contributed by atoms with van der Waals surface area (Å²) in [6, 6.07) is 3.55. The molecule has 3 N–H and O–H groups in total. The molecular weight excluding hydrogens is 254 g/mol. The Kier molecular flexibility index (Phi) is 2.43. The van der Waals surface area contributed by atoms with Gasteiger partial charge in [0, 0.05) is 35.9 Å². The van der Waals surface area contributed by atoms with Crippen LogP contribution < -0.4 is 5.32 Å². The zero-order valence-corrected chi connectivity index (χ0v) is 11.4. The van der Waals surface area contributed by atoms with Crippen LogP contribution >= 0.6 is 0 Å². The SMILES string of the molecule is O=C1CCC2C3Cc4cc(O)cc(O)c4C2(CCN3)C1. The largest absolute Gasteiger partial charge is 0.508 e. The lowest BCUT2D eigenvalue weighted by atomic mass is 9.52. The first-order valence-electron chi connectivity index (χ1n) is 7.40. The third-order valence-electron chi connectivity index (χ3n) is 5.54. The van der Waals surface area contributed by atoms with Gasteiger partial charge in [0.15, 0.2) is 0 Å². The van der Waals surface area contributed by atoms with Gasteiger partial charge in [-0.2, -0.15) is 0 Å². The fourth-order valence-corrected chi connectivity index (χ4v) is 4.90. The number of nitrogens with one attached hydrogen (secondary N) is 1. The first kappa shape index (κ1) is 12.2. The van der Waals surface area contributed by atoms with Gasteiger partial charge in [-0.1, -0.05) is 0 Å². The number of ketones is 1. The molecule has 3 unspecified atom stereocenters. The summed E-state index contributed by atoms with van der Waals surface area (Å²) >= 11 is 0. The van der Waals surface area contributed by atoms with Crippen molar-refractivity contribution in [1.82, 2.24) is 5.32 Å². The smallest absolute Gasteiger partial charge is 0.133 e. The van der Waals surface area contributed by atoms with Crippen molar-refractivity contribution in [3.63, 3.8) is 0 Å². The number of piperidine rings is 1. The molecule has 0 spiro atoms. The van der Waals surface area contributed by atoms with Gasteiger partial charge in [0.05, 0.1) is 0 Å². The Balaban J connectivity index is 1.95. The molecular formula is C16H19NO3. The molecule has 1 aliphatic heterocycles. The molecule has 2 aliphatic carbocycles. The minimum absolute atomic E-state index is 0.108. The molecule has 4 nitrogen and oxygen atoms in total. The summed E-state index contributed by atoms with van der Waals surface area (Å²) in [4.78, 5) is 12.0. The number of carbonyl (C=O) groups excluding carboxylic acids is 1. The Morgan fingerprint density at radius 1 is 1.30 bits per heavy atom. The van der Waals surface area contributed by atoms with Crippen LogP contribution in [0.3, 0.4) is 0 Å². The molecule has 1 saturated heterocycles. The van der Waals surface area contributed by atoms with Crippen LogP contribution in [-0.2, 0) is 16.6 Å². The van der Waals surface area contributed by atoms with Crippen LogP contribution in [0.15, 0.2) is 12.1 Å². The first-order valence-corrected chi connectivity index (χ1v) is 7.40. The second kappa shape index (κ2) is 3.98. The molecule has 0 radical (unpaired) electrons. The monoisotopic (exact) mass is 273 g/mol. The molecule has 4 rings (SSSR count). The van der Waals surface area contributed by atoms with E-state index in [1.165, 1.54) is 6.07 Å². The fourth-order valence-electron chi connectivity index (χ4n) is 4.90. The molecule has 3 aliphatic rings. The van der Waals surface area contributed by atoms with E-state index in [1.54, 1.807) is 6.07 Å². The quantitative estimate of drug-likeness (QED) is 0.672. The number of fused-ring (bicyclic) bond motifs is 1. The molecule has 2 bridgehead atoms. The van der Waals surface area contributed by atoms with Crippen molar-refractivity contribution in [1.29, 1.82) is 0 Å². The van der Waals surface area contributed by atoms with Crippen molar-refractivity contribution in [2.75, 3.05) is 6.54 Å². The van der Waals surface area contributed by atoms with E-state index in [2.05, 4.69) is 5.32 Å². The summed E-state index contributed by atoms with van der Waals surface area (Å²) < 4.78 is 0. The van der Waals surface area contributed by atoms with Crippen LogP contribution in [0.4, 0.5) is 0 Å². The minimum atomic E-state index is -0.212. The molecule has 4 heteroatoms. The van der Waals surface area contributed by atoms with Crippen LogP contribution in [0.25, 0.3) is 0 Å². The van der Waals surface area contributed by atoms with Crippen molar-refractivity contribution in [3.8, 4) is 11.5 Å². The number of phenols is 2. The summed E-state index contributed by atoms with van der Waals surface area (Å²) in [6.07, 6.45) is 3.85. The van der Waals surface area contributed by atoms with Crippen LogP contribution in [-0.4, -0.2) is 28.6 Å². The molecule has 1 saturated carbocycles. The second-order valence-electron chi connectivity index (χ2n) is 6.53. The highest BCUT2D eigenvalue weighted by Crippen LogP contribution is 2.55. The fraction of sp³-hybridized carbons (Fsp3) is 0.562. The van der Waals surface area contributed by atoms with E-state index in [-0.39, 0.29) is 16.9 Å². The molecule has 106 valence electrons. The summed E-state index contributed by atoms with van der Waals surface area (Å²) in [7, 11) is 0. The van der Waals surface area contributed by atoms with E-state index in [9.17, 15) is 15.0 Å². The highest BCUT2D eigenvalue weighted by Gasteiger charge is 2.54. The van der Waals surface area contributed by atoms with Gasteiger partial charge in [0.1, 0.15) is 17.3 Å². The maximum absolute atomic E-state index is 12.0. The number of hydrogen-bond acceptors (Lipinski definition) is 4. The van der Waals surface area contributed by atoms with Crippen LogP contribution in [0.2, 0.25) is 0 Å². The first-order chi connectivity index (χ1) is 9.60. The van der Waals surface area contributed by atoms with Crippen molar-refractivity contribution < 1.29 is 15.0 Å². The van der Waals surface area contributed by atoms with Gasteiger partial charge in [-0.3, -0.25) is 4.79 Å². The van der Waals surface area contributed by atoms with Crippen molar-refractivity contribution in [2.24, 2.45) is 5.92 Å². The highest BCUT2D eigenvalue weighted by atomic mass is 16.3. The Labute approximate surface area is 117 Å². The average Bonchev–Trinajstić information content (AvgIpc) is 2.36. The van der Waals surface area contributed by atoms with E-state index < -0.39 is 0 Å². The third kappa shape index (κ3) is 1.48. The standard InChI is InChI=1S/C16H19NO3/c18-10-1-2-12-13-6-9-5-11(19)7-14(20)15(9)16(12,8-10)3-4-17-13/h5,7,12-13,17,19-20H,1-4,6,8H2. The molecule has 1 aromatic rings. The van der Waals surface area contributed by atoms with Crippen molar-refractivity contribution in [2.45, 2.75) is 43.6 Å². The number of aromatic hydroxyl groups is 2. The van der Waals surface area contributed by atoms with Crippen LogP contribution in [0.5, 0.6) is 11.5 Å². The van der Waals surface area contributed by atoms with E-state index >= 15 is 0 Å². The van der Waals surface area contributed by atoms with Crippen LogP contribution in [0.1, 0.15) is 36.8 Å². The number of benzene rings is 1. The topological polar surface area (TPSA) is 69.6 Å². The van der Waals surface area contributed by atoms with Crippen molar-refractivity contribution >= 4 is 5.78 Å². The summed E-state index contributed by atoms with van der Waals surface area (Å²) in [5.41, 5.74) is 1.73. The second-order valence-corrected chi connectivity index (χ2v) is 6.53. The average molecular weight is 273 g/mol. The van der Waals surface area contributed by atoms with Gasteiger partial charge in [-0.25, -0.2) is 0 Å². The number of Topliss-reactive ketones (excluding diaryl/α,β-unsaturated/α-hetero) is 1. The van der Waals surface area contributed by atoms with Gasteiger partial charge in [-0.05, 0) is 43.4 Å². The molecule has 0 aromatic heterocycles. The van der Waals surface area contributed by atoms with Gasteiger partial charge < -0.3 is 15.5 Å². The number of phenolic OH excluding ortho intramolecular Hbond substituents is 2. The lowest BCUT2D eigenvalue weighted by molar-refractivity contribution is -0.125. The Hall–Kier alpha value is -1.55. The molecule has 3 atom stereocenters. The summed E-state index contributed by atoms with van der Waals surface area (Å²) in [5.74, 6) is 1.01. The Morgan fingerprint density at radius 2 is 2.15 bits per heavy atom. The van der Waals surface area contributed by atoms with Crippen LogP contribution in [0, 0.1) is 5.92 Å². The highest BCUT2D eigenvalue weighted by molar-refractivity contribution is 5.82. The molecule has 1 heterocycles. The Bertz CT molecular complexity index is 598. The van der Waals surface area contributed by atoms with Gasteiger partial charge >= 0.3 is 0 Å². The van der Waals surface area contributed by atoms with Crippen molar-refractivity contribution in [3.05, 3.63) is 23.3 Å². The maximum Gasteiger partial charge on any atom is 0.133 e. The van der Waals surface area contributed by atoms with Gasteiger partial charge in [0.25, 0.3) is 0 Å². The zero-order valence-electron chi connectivity index (χ0n) is 11.4. The molecule has 2 fully saturated rings. The summed E-state index contributed by atoms with van der Waals surface area (Å²) in [6.45, 7) is 0.897. The number of carbonyl (C=O) groups is 1. The zero-order chi connectivity index (χ0) is 13.9. The van der Waals surface area contributed by atoms with Gasteiger partial charge in [0.2, 0.25) is 0 Å². The van der Waals surface area contributed by atoms with E-state index in [1.807, 2.05) is 0 Å². The van der Waals surface area contributed by atoms with E-state index in [0.717, 1.165) is 36.9 Å². The lowest BCUT2D eigenvalue weighted by Crippen LogP contribution is -2.60. The number of rotatable bonds is 0. The summed E-state index contributed by atoms with van der Waals surface area (Å²) in [5, 5.41) is 23.7. The van der Waals surface area contributed by atoms with E-state index in [4.69, 9.17) is 0 Å².